The Morgan fingerprint density at radius 1 is 1.50 bits per heavy atom. The van der Waals surface area contributed by atoms with E-state index in [1.54, 1.807) is 0 Å². The maximum absolute atomic E-state index is 5.37. The zero-order valence-corrected chi connectivity index (χ0v) is 9.75. The van der Waals surface area contributed by atoms with Crippen molar-refractivity contribution < 1.29 is 4.74 Å². The van der Waals surface area contributed by atoms with Crippen LogP contribution in [0.25, 0.3) is 0 Å². The summed E-state index contributed by atoms with van der Waals surface area (Å²) in [6, 6.07) is 0.658. The highest BCUT2D eigenvalue weighted by Gasteiger charge is 2.20. The third-order valence-corrected chi connectivity index (χ3v) is 2.85. The molecule has 0 aromatic carbocycles. The fourth-order valence-corrected chi connectivity index (χ4v) is 1.83. The number of nitrogens with one attached hydrogen (secondary N) is 1. The van der Waals surface area contributed by atoms with Crippen LogP contribution in [-0.2, 0) is 4.74 Å². The summed E-state index contributed by atoms with van der Waals surface area (Å²) < 4.78 is 5.37. The third kappa shape index (κ3) is 3.95. The van der Waals surface area contributed by atoms with Crippen molar-refractivity contribution in [1.82, 2.24) is 10.2 Å². The van der Waals surface area contributed by atoms with Crippen LogP contribution in [0.2, 0.25) is 0 Å². The average molecular weight is 200 g/mol. The van der Waals surface area contributed by atoms with Crippen LogP contribution in [0.15, 0.2) is 0 Å². The van der Waals surface area contributed by atoms with Gasteiger partial charge in [-0.25, -0.2) is 0 Å². The van der Waals surface area contributed by atoms with Crippen molar-refractivity contribution in [2.45, 2.75) is 26.8 Å². The molecule has 1 fully saturated rings. The first-order valence-corrected chi connectivity index (χ1v) is 5.77. The van der Waals surface area contributed by atoms with Gasteiger partial charge in [0.2, 0.25) is 0 Å². The highest BCUT2D eigenvalue weighted by Crippen LogP contribution is 2.07. The van der Waals surface area contributed by atoms with Gasteiger partial charge in [0.25, 0.3) is 0 Å². The van der Waals surface area contributed by atoms with Gasteiger partial charge < -0.3 is 10.1 Å². The van der Waals surface area contributed by atoms with Crippen LogP contribution >= 0.6 is 0 Å². The smallest absolute Gasteiger partial charge is 0.0593 e. The van der Waals surface area contributed by atoms with Crippen molar-refractivity contribution in [3.63, 3.8) is 0 Å². The molecule has 3 nitrogen and oxygen atoms in total. The molecule has 1 unspecified atom stereocenters. The lowest BCUT2D eigenvalue weighted by atomic mass is 10.0. The van der Waals surface area contributed by atoms with Gasteiger partial charge in [-0.1, -0.05) is 13.8 Å². The van der Waals surface area contributed by atoms with Crippen molar-refractivity contribution in [2.75, 3.05) is 39.4 Å². The van der Waals surface area contributed by atoms with Crippen LogP contribution < -0.4 is 5.32 Å². The molecule has 0 bridgehead atoms. The van der Waals surface area contributed by atoms with E-state index in [4.69, 9.17) is 4.74 Å². The molecule has 0 aromatic rings. The maximum atomic E-state index is 5.37. The number of hydrogen-bond donors (Lipinski definition) is 1. The minimum absolute atomic E-state index is 0.658. The molecule has 1 rings (SSSR count). The molecule has 0 saturated carbocycles. The van der Waals surface area contributed by atoms with Crippen molar-refractivity contribution in [3.05, 3.63) is 0 Å². The van der Waals surface area contributed by atoms with Gasteiger partial charge in [0.15, 0.2) is 0 Å². The van der Waals surface area contributed by atoms with E-state index >= 15 is 0 Å². The van der Waals surface area contributed by atoms with Crippen LogP contribution in [-0.4, -0.2) is 50.3 Å². The molecular weight excluding hydrogens is 176 g/mol. The zero-order valence-electron chi connectivity index (χ0n) is 9.75. The van der Waals surface area contributed by atoms with Crippen LogP contribution in [0.4, 0.5) is 0 Å². The first-order valence-electron chi connectivity index (χ1n) is 5.77. The van der Waals surface area contributed by atoms with Gasteiger partial charge >= 0.3 is 0 Å². The zero-order chi connectivity index (χ0) is 10.4. The predicted octanol–water partition coefficient (Wildman–Crippen LogP) is 0.953. The summed E-state index contributed by atoms with van der Waals surface area (Å²) in [6.45, 7) is 12.9. The highest BCUT2D eigenvalue weighted by molar-refractivity contribution is 4.80. The fourth-order valence-electron chi connectivity index (χ4n) is 1.83. The largest absolute Gasteiger partial charge is 0.380 e. The molecule has 1 N–H and O–H groups in total. The summed E-state index contributed by atoms with van der Waals surface area (Å²) in [7, 11) is 0. The molecule has 0 spiro atoms. The Morgan fingerprint density at radius 2 is 2.29 bits per heavy atom. The Bertz CT molecular complexity index is 150. The molecule has 0 aliphatic carbocycles. The minimum Gasteiger partial charge on any atom is -0.380 e. The van der Waals surface area contributed by atoms with Gasteiger partial charge in [-0.15, -0.1) is 0 Å². The van der Waals surface area contributed by atoms with Gasteiger partial charge in [-0.2, -0.15) is 0 Å². The number of piperazine rings is 1. The molecule has 84 valence electrons. The van der Waals surface area contributed by atoms with Gasteiger partial charge in [0.1, 0.15) is 0 Å². The molecule has 3 heteroatoms. The van der Waals surface area contributed by atoms with Gasteiger partial charge in [-0.3, -0.25) is 4.90 Å². The van der Waals surface area contributed by atoms with Crippen LogP contribution in [0.1, 0.15) is 20.8 Å². The summed E-state index contributed by atoms with van der Waals surface area (Å²) in [4.78, 5) is 2.50. The number of rotatable bonds is 5. The number of hydrogen-bond acceptors (Lipinski definition) is 3. The molecule has 0 amide bonds. The fraction of sp³-hybridized carbons (Fsp3) is 1.00. The van der Waals surface area contributed by atoms with E-state index in [2.05, 4.69) is 31.0 Å². The first kappa shape index (κ1) is 12.0. The summed E-state index contributed by atoms with van der Waals surface area (Å²) in [5, 5.41) is 3.56. The number of nitrogens with zero attached hydrogens (tertiary/aromatic N) is 1. The van der Waals surface area contributed by atoms with Crippen molar-refractivity contribution >= 4 is 0 Å². The van der Waals surface area contributed by atoms with Crippen molar-refractivity contribution in [2.24, 2.45) is 5.92 Å². The van der Waals surface area contributed by atoms with Gasteiger partial charge in [-0.05, 0) is 12.8 Å². The monoisotopic (exact) mass is 200 g/mol. The summed E-state index contributed by atoms with van der Waals surface area (Å²) in [6.07, 6.45) is 0. The van der Waals surface area contributed by atoms with Crippen LogP contribution in [0.3, 0.4) is 0 Å². The van der Waals surface area contributed by atoms with E-state index in [0.717, 1.165) is 38.8 Å². The average Bonchev–Trinajstić information content (AvgIpc) is 2.19. The molecule has 1 atom stereocenters. The van der Waals surface area contributed by atoms with Crippen molar-refractivity contribution in [1.29, 1.82) is 0 Å². The molecule has 1 heterocycles. The van der Waals surface area contributed by atoms with E-state index in [1.807, 2.05) is 0 Å². The second kappa shape index (κ2) is 6.38. The van der Waals surface area contributed by atoms with E-state index in [0.29, 0.717) is 6.04 Å². The summed E-state index contributed by atoms with van der Waals surface area (Å²) in [5.74, 6) is 0.727. The summed E-state index contributed by atoms with van der Waals surface area (Å²) >= 11 is 0. The predicted molar refractivity (Wildman–Crippen MR) is 59.6 cm³/mol. The van der Waals surface area contributed by atoms with Crippen molar-refractivity contribution in [3.8, 4) is 0 Å². The molecule has 0 aromatic heterocycles. The molecular formula is C11H24N2O. The second-order valence-electron chi connectivity index (χ2n) is 4.30. The molecule has 14 heavy (non-hydrogen) atoms. The van der Waals surface area contributed by atoms with E-state index in [9.17, 15) is 0 Å². The molecule has 1 aliphatic heterocycles. The van der Waals surface area contributed by atoms with Gasteiger partial charge in [0.05, 0.1) is 6.61 Å². The lowest BCUT2D eigenvalue weighted by molar-refractivity contribution is 0.0939. The maximum Gasteiger partial charge on any atom is 0.0593 e. The normalized spacial score (nSPS) is 24.4. The molecule has 1 aliphatic rings. The Hall–Kier alpha value is -0.120. The lowest BCUT2D eigenvalue weighted by Gasteiger charge is -2.35. The topological polar surface area (TPSA) is 24.5 Å². The Balaban J connectivity index is 2.19. The minimum atomic E-state index is 0.658. The highest BCUT2D eigenvalue weighted by atomic mass is 16.5. The molecule has 0 radical (unpaired) electrons. The quantitative estimate of drug-likeness (QED) is 0.669. The first-order chi connectivity index (χ1) is 6.74. The van der Waals surface area contributed by atoms with E-state index in [-0.39, 0.29) is 0 Å². The second-order valence-corrected chi connectivity index (χ2v) is 4.30. The van der Waals surface area contributed by atoms with Crippen LogP contribution in [0, 0.1) is 5.92 Å². The Kier molecular flexibility index (Phi) is 5.45. The van der Waals surface area contributed by atoms with Gasteiger partial charge in [0, 0.05) is 38.8 Å². The Morgan fingerprint density at radius 3 is 2.93 bits per heavy atom. The van der Waals surface area contributed by atoms with E-state index < -0.39 is 0 Å². The summed E-state index contributed by atoms with van der Waals surface area (Å²) in [5.41, 5.74) is 0. The van der Waals surface area contributed by atoms with E-state index in [1.165, 1.54) is 6.54 Å². The number of ether oxygens (including phenoxy) is 1. The standard InChI is InChI=1S/C11H24N2O/c1-4-14-8-7-13-6-5-12-11(9-13)10(2)3/h10-12H,4-9H2,1-3H3. The SMILES string of the molecule is CCOCCN1CCNC(C(C)C)C1. The van der Waals surface area contributed by atoms with Crippen LogP contribution in [0.5, 0.6) is 0 Å². The Labute approximate surface area is 87.8 Å². The lowest BCUT2D eigenvalue weighted by Crippen LogP contribution is -2.53. The third-order valence-electron chi connectivity index (χ3n) is 2.85. The molecule has 1 saturated heterocycles.